The summed E-state index contributed by atoms with van der Waals surface area (Å²) in [5.41, 5.74) is 7.89. The minimum atomic E-state index is -3.43. The second-order valence-electron chi connectivity index (χ2n) is 7.82. The molecular weight excluding hydrogens is 469 g/mol. The molecular formula is C22H25ClFN5O3S. The summed E-state index contributed by atoms with van der Waals surface area (Å²) in [6.07, 6.45) is 4.29. The first kappa shape index (κ1) is 24.8. The Bertz CT molecular complexity index is 1320. The number of aromatic nitrogens is 3. The van der Waals surface area contributed by atoms with Crippen LogP contribution in [0.5, 0.6) is 0 Å². The van der Waals surface area contributed by atoms with Crippen LogP contribution in [-0.2, 0) is 16.4 Å². The highest BCUT2D eigenvalue weighted by Crippen LogP contribution is 2.31. The van der Waals surface area contributed by atoms with Crippen molar-refractivity contribution in [1.82, 2.24) is 19.9 Å². The maximum Gasteiger partial charge on any atom is 0.253 e. The fourth-order valence-electron chi connectivity index (χ4n) is 3.86. The van der Waals surface area contributed by atoms with Crippen molar-refractivity contribution in [3.05, 3.63) is 53.9 Å². The third kappa shape index (κ3) is 5.23. The quantitative estimate of drug-likeness (QED) is 0.565. The van der Waals surface area contributed by atoms with Crippen molar-refractivity contribution in [2.24, 2.45) is 5.73 Å². The van der Waals surface area contributed by atoms with Crippen molar-refractivity contribution in [3.8, 4) is 11.1 Å². The van der Waals surface area contributed by atoms with Gasteiger partial charge in [-0.25, -0.2) is 17.5 Å². The van der Waals surface area contributed by atoms with E-state index in [0.29, 0.717) is 40.8 Å². The van der Waals surface area contributed by atoms with E-state index in [4.69, 9.17) is 5.73 Å². The van der Waals surface area contributed by atoms with Gasteiger partial charge < -0.3 is 10.6 Å². The summed E-state index contributed by atoms with van der Waals surface area (Å²) < 4.78 is 39.7. The minimum Gasteiger partial charge on any atom is -0.339 e. The van der Waals surface area contributed by atoms with Crippen LogP contribution in [0.2, 0.25) is 0 Å². The standard InChI is InChI=1S/C22H24FN5O3S.ClH/c1-32(30,31)18-6-4-5-15(11-18)19-12-16(22(29)27-9-2-3-10-27)13-20-21(19)25-26-28(20)14-17(23)7-8-24;/h4-7,11-13H,2-3,8-10,14,24H2,1H3;1H/b17-7-;. The Labute approximate surface area is 197 Å². The van der Waals surface area contributed by atoms with Gasteiger partial charge in [0.15, 0.2) is 9.84 Å². The Morgan fingerprint density at radius 1 is 1.21 bits per heavy atom. The molecule has 1 aliphatic heterocycles. The van der Waals surface area contributed by atoms with Crippen molar-refractivity contribution in [1.29, 1.82) is 0 Å². The van der Waals surface area contributed by atoms with Gasteiger partial charge in [0.2, 0.25) is 0 Å². The van der Waals surface area contributed by atoms with Crippen molar-refractivity contribution in [2.45, 2.75) is 24.3 Å². The summed E-state index contributed by atoms with van der Waals surface area (Å²) in [6, 6.07) is 9.81. The van der Waals surface area contributed by atoms with E-state index in [2.05, 4.69) is 10.3 Å². The molecule has 0 bridgehead atoms. The Balaban J connectivity index is 0.00000306. The predicted molar refractivity (Wildman–Crippen MR) is 127 cm³/mol. The van der Waals surface area contributed by atoms with Crippen molar-refractivity contribution >= 4 is 39.2 Å². The van der Waals surface area contributed by atoms with E-state index in [9.17, 15) is 17.6 Å². The molecule has 2 aromatic carbocycles. The SMILES string of the molecule is CS(=O)(=O)c1cccc(-c2cc(C(=O)N3CCCC3)cc3c2nnn3C/C(F)=C/CN)c1.Cl. The number of hydrogen-bond acceptors (Lipinski definition) is 6. The highest BCUT2D eigenvalue weighted by atomic mass is 35.5. The molecule has 2 N–H and O–H groups in total. The number of carbonyl (C=O) groups is 1. The summed E-state index contributed by atoms with van der Waals surface area (Å²) >= 11 is 0. The minimum absolute atomic E-state index is 0. The number of amides is 1. The number of fused-ring (bicyclic) bond motifs is 1. The van der Waals surface area contributed by atoms with E-state index in [1.807, 2.05) is 0 Å². The molecule has 11 heteroatoms. The van der Waals surface area contributed by atoms with E-state index >= 15 is 0 Å². The zero-order valence-corrected chi connectivity index (χ0v) is 19.7. The largest absolute Gasteiger partial charge is 0.339 e. The van der Waals surface area contributed by atoms with Crippen LogP contribution in [0.4, 0.5) is 4.39 Å². The molecule has 1 amide bonds. The highest BCUT2D eigenvalue weighted by molar-refractivity contribution is 7.90. The van der Waals surface area contributed by atoms with Gasteiger partial charge in [0.05, 0.1) is 17.0 Å². The fraction of sp³-hybridized carbons (Fsp3) is 0.318. The molecule has 1 aliphatic rings. The number of nitrogens with two attached hydrogens (primary N) is 1. The number of nitrogens with zero attached hydrogens (tertiary/aromatic N) is 4. The lowest BCUT2D eigenvalue weighted by Gasteiger charge is -2.16. The van der Waals surface area contributed by atoms with Crippen LogP contribution in [0.25, 0.3) is 22.2 Å². The van der Waals surface area contributed by atoms with Gasteiger partial charge >= 0.3 is 0 Å². The molecule has 0 spiro atoms. The monoisotopic (exact) mass is 493 g/mol. The second kappa shape index (κ2) is 9.98. The summed E-state index contributed by atoms with van der Waals surface area (Å²) in [4.78, 5) is 15.1. The van der Waals surface area contributed by atoms with Gasteiger partial charge in [0.1, 0.15) is 11.3 Å². The molecule has 0 radical (unpaired) electrons. The normalized spacial score (nSPS) is 14.5. The number of benzene rings is 2. The van der Waals surface area contributed by atoms with Crippen LogP contribution in [-0.4, -0.2) is 60.1 Å². The van der Waals surface area contributed by atoms with Crippen LogP contribution >= 0.6 is 12.4 Å². The van der Waals surface area contributed by atoms with Gasteiger partial charge in [0.25, 0.3) is 5.91 Å². The smallest absolute Gasteiger partial charge is 0.253 e. The number of allylic oxidation sites excluding steroid dienone is 1. The molecule has 0 saturated carbocycles. The van der Waals surface area contributed by atoms with Gasteiger partial charge in [0, 0.05) is 37.0 Å². The van der Waals surface area contributed by atoms with E-state index in [1.54, 1.807) is 35.2 Å². The molecule has 2 heterocycles. The third-order valence-electron chi connectivity index (χ3n) is 5.47. The number of halogens is 2. The summed E-state index contributed by atoms with van der Waals surface area (Å²) in [7, 11) is -3.43. The number of likely N-dealkylation sites (tertiary alicyclic amines) is 1. The summed E-state index contributed by atoms with van der Waals surface area (Å²) in [6.45, 7) is 1.25. The molecule has 33 heavy (non-hydrogen) atoms. The van der Waals surface area contributed by atoms with Crippen LogP contribution in [0.1, 0.15) is 23.2 Å². The maximum atomic E-state index is 14.2. The summed E-state index contributed by atoms with van der Waals surface area (Å²) in [5.74, 6) is -0.591. The van der Waals surface area contributed by atoms with Gasteiger partial charge in [-0.15, -0.1) is 17.5 Å². The average molecular weight is 494 g/mol. The first-order valence-corrected chi connectivity index (χ1v) is 12.2. The zero-order valence-electron chi connectivity index (χ0n) is 18.1. The lowest BCUT2D eigenvalue weighted by Crippen LogP contribution is -2.27. The Morgan fingerprint density at radius 2 is 1.94 bits per heavy atom. The first-order chi connectivity index (χ1) is 15.3. The molecule has 8 nitrogen and oxygen atoms in total. The van der Waals surface area contributed by atoms with Gasteiger partial charge in [-0.05, 0) is 48.7 Å². The molecule has 0 unspecified atom stereocenters. The first-order valence-electron chi connectivity index (χ1n) is 10.3. The zero-order chi connectivity index (χ0) is 22.9. The second-order valence-corrected chi connectivity index (χ2v) is 9.84. The number of sulfone groups is 1. The molecule has 4 rings (SSSR count). The molecule has 1 fully saturated rings. The summed E-state index contributed by atoms with van der Waals surface area (Å²) in [5, 5.41) is 8.29. The Morgan fingerprint density at radius 3 is 2.61 bits per heavy atom. The molecule has 1 aromatic heterocycles. The Kier molecular flexibility index (Phi) is 7.51. The number of hydrogen-bond donors (Lipinski definition) is 1. The van der Waals surface area contributed by atoms with Gasteiger partial charge in [-0.1, -0.05) is 17.3 Å². The third-order valence-corrected chi connectivity index (χ3v) is 6.58. The molecule has 0 aliphatic carbocycles. The van der Waals surface area contributed by atoms with Crippen LogP contribution in [0.15, 0.2) is 53.2 Å². The average Bonchev–Trinajstić information content (AvgIpc) is 3.43. The topological polar surface area (TPSA) is 111 Å². The molecule has 1 saturated heterocycles. The van der Waals surface area contributed by atoms with E-state index in [1.165, 1.54) is 16.8 Å². The van der Waals surface area contributed by atoms with Gasteiger partial charge in [-0.3, -0.25) is 4.79 Å². The van der Waals surface area contributed by atoms with E-state index in [0.717, 1.165) is 19.1 Å². The Hall–Kier alpha value is -2.82. The maximum absolute atomic E-state index is 14.2. The lowest BCUT2D eigenvalue weighted by atomic mass is 10.0. The highest BCUT2D eigenvalue weighted by Gasteiger charge is 2.23. The van der Waals surface area contributed by atoms with Crippen molar-refractivity contribution in [3.63, 3.8) is 0 Å². The molecule has 176 valence electrons. The van der Waals surface area contributed by atoms with Crippen LogP contribution in [0, 0.1) is 0 Å². The van der Waals surface area contributed by atoms with Crippen molar-refractivity contribution in [2.75, 3.05) is 25.9 Å². The van der Waals surface area contributed by atoms with E-state index < -0.39 is 15.7 Å². The fourth-order valence-corrected chi connectivity index (χ4v) is 4.53. The molecule has 0 atom stereocenters. The molecule has 3 aromatic rings. The van der Waals surface area contributed by atoms with Crippen LogP contribution in [0.3, 0.4) is 0 Å². The number of carbonyl (C=O) groups excluding carboxylic acids is 1. The lowest BCUT2D eigenvalue weighted by molar-refractivity contribution is 0.0793. The van der Waals surface area contributed by atoms with Gasteiger partial charge in [-0.2, -0.15) is 0 Å². The van der Waals surface area contributed by atoms with E-state index in [-0.39, 0.29) is 36.3 Å². The van der Waals surface area contributed by atoms with Crippen molar-refractivity contribution < 1.29 is 17.6 Å². The van der Waals surface area contributed by atoms with Crippen LogP contribution < -0.4 is 5.73 Å². The number of rotatable bonds is 6. The predicted octanol–water partition coefficient (Wildman–Crippen LogP) is 2.97.